The topological polar surface area (TPSA) is 99.3 Å². The van der Waals surface area contributed by atoms with Crippen molar-refractivity contribution in [2.75, 3.05) is 11.9 Å². The first-order chi connectivity index (χ1) is 9.31. The van der Waals surface area contributed by atoms with Crippen molar-refractivity contribution in [2.45, 2.75) is 6.42 Å². The number of H-pyrrole nitrogens is 2. The molecule has 1 aromatic carbocycles. The molecule has 0 spiro atoms. The maximum absolute atomic E-state index is 11.0. The number of rotatable bonds is 4. The third-order valence-electron chi connectivity index (χ3n) is 2.67. The number of fused-ring (bicyclic) bond motifs is 1. The van der Waals surface area contributed by atoms with Crippen LogP contribution in [0.15, 0.2) is 35.3 Å². The van der Waals surface area contributed by atoms with Crippen LogP contribution >= 0.6 is 0 Å². The van der Waals surface area contributed by atoms with Gasteiger partial charge in [-0.3, -0.25) is 9.78 Å². The average molecular weight is 256 g/mol. The van der Waals surface area contributed by atoms with Crippen LogP contribution in [0.3, 0.4) is 0 Å². The van der Waals surface area contributed by atoms with Crippen molar-refractivity contribution in [3.8, 4) is 0 Å². The van der Waals surface area contributed by atoms with Gasteiger partial charge in [0, 0.05) is 13.0 Å². The summed E-state index contributed by atoms with van der Waals surface area (Å²) in [5.41, 5.74) is 1.69. The average Bonchev–Trinajstić information content (AvgIpc) is 2.81. The molecule has 0 saturated carbocycles. The molecule has 7 heteroatoms. The zero-order valence-electron chi connectivity index (χ0n) is 10.1. The highest BCUT2D eigenvalue weighted by Gasteiger charge is 2.02. The van der Waals surface area contributed by atoms with Gasteiger partial charge in [0.15, 0.2) is 0 Å². The number of imidazole rings is 1. The zero-order valence-corrected chi connectivity index (χ0v) is 10.1. The van der Waals surface area contributed by atoms with Gasteiger partial charge in [0.2, 0.25) is 5.95 Å². The van der Waals surface area contributed by atoms with Crippen LogP contribution in [0, 0.1) is 0 Å². The van der Waals surface area contributed by atoms with Gasteiger partial charge in [0.05, 0.1) is 11.0 Å². The molecule has 3 rings (SSSR count). The van der Waals surface area contributed by atoms with E-state index in [4.69, 9.17) is 0 Å². The Hall–Kier alpha value is -2.70. The molecule has 3 N–H and O–H groups in total. The highest BCUT2D eigenvalue weighted by molar-refractivity contribution is 5.74. The molecule has 3 aromatic rings. The SMILES string of the molecule is O=c1cnnc(NCCc2nc3ccccc3[nH]2)[nH]1. The van der Waals surface area contributed by atoms with Crippen LogP contribution < -0.4 is 10.9 Å². The van der Waals surface area contributed by atoms with Gasteiger partial charge in [-0.15, -0.1) is 10.2 Å². The molecule has 0 saturated heterocycles. The van der Waals surface area contributed by atoms with Gasteiger partial charge in [-0.05, 0) is 12.1 Å². The Morgan fingerprint density at radius 1 is 1.21 bits per heavy atom. The van der Waals surface area contributed by atoms with Gasteiger partial charge in [-0.2, -0.15) is 0 Å². The van der Waals surface area contributed by atoms with Crippen LogP contribution in [0.2, 0.25) is 0 Å². The lowest BCUT2D eigenvalue weighted by Gasteiger charge is -2.01. The Bertz CT molecular complexity index is 714. The van der Waals surface area contributed by atoms with Crippen LogP contribution in [0.25, 0.3) is 11.0 Å². The van der Waals surface area contributed by atoms with E-state index in [1.165, 1.54) is 0 Å². The number of hydrogen-bond acceptors (Lipinski definition) is 5. The first kappa shape index (κ1) is 11.4. The molecule has 2 heterocycles. The highest BCUT2D eigenvalue weighted by Crippen LogP contribution is 2.10. The summed E-state index contributed by atoms with van der Waals surface area (Å²) in [6.07, 6.45) is 1.83. The lowest BCUT2D eigenvalue weighted by molar-refractivity contribution is 0.885. The number of nitrogens with one attached hydrogen (secondary N) is 3. The van der Waals surface area contributed by atoms with Gasteiger partial charge in [0.1, 0.15) is 12.0 Å². The standard InChI is InChI=1S/C12H12N6O/c19-11-7-14-18-12(17-11)13-6-5-10-15-8-3-1-2-4-9(8)16-10/h1-4,7H,5-6H2,(H,15,16)(H2,13,17,18,19). The number of benzene rings is 1. The molecule has 0 amide bonds. The summed E-state index contributed by atoms with van der Waals surface area (Å²) in [7, 11) is 0. The van der Waals surface area contributed by atoms with E-state index >= 15 is 0 Å². The van der Waals surface area contributed by atoms with Gasteiger partial charge >= 0.3 is 0 Å². The second kappa shape index (κ2) is 4.89. The lowest BCUT2D eigenvalue weighted by atomic mass is 10.3. The summed E-state index contributed by atoms with van der Waals surface area (Å²) >= 11 is 0. The monoisotopic (exact) mass is 256 g/mol. The van der Waals surface area contributed by atoms with E-state index in [0.717, 1.165) is 23.1 Å². The molecule has 96 valence electrons. The van der Waals surface area contributed by atoms with Gasteiger partial charge in [0.25, 0.3) is 5.56 Å². The fourth-order valence-corrected chi connectivity index (χ4v) is 1.82. The molecule has 0 unspecified atom stereocenters. The zero-order chi connectivity index (χ0) is 13.1. The summed E-state index contributed by atoms with van der Waals surface area (Å²) in [6.45, 7) is 0.606. The summed E-state index contributed by atoms with van der Waals surface area (Å²) in [6, 6.07) is 7.87. The van der Waals surface area contributed by atoms with Gasteiger partial charge < -0.3 is 10.3 Å². The normalized spacial score (nSPS) is 10.7. The second-order valence-electron chi connectivity index (χ2n) is 4.06. The third-order valence-corrected chi connectivity index (χ3v) is 2.67. The third kappa shape index (κ3) is 2.59. The molecule has 0 atom stereocenters. The quantitative estimate of drug-likeness (QED) is 0.638. The smallest absolute Gasteiger partial charge is 0.271 e. The number of nitrogens with zero attached hydrogens (tertiary/aromatic N) is 3. The predicted molar refractivity (Wildman–Crippen MR) is 70.9 cm³/mol. The maximum Gasteiger partial charge on any atom is 0.271 e. The Balaban J connectivity index is 1.64. The summed E-state index contributed by atoms with van der Waals surface area (Å²) in [5, 5.41) is 10.3. The van der Waals surface area contributed by atoms with E-state index in [1.54, 1.807) is 0 Å². The Morgan fingerprint density at radius 2 is 2.11 bits per heavy atom. The molecule has 2 aromatic heterocycles. The van der Waals surface area contributed by atoms with Crippen LogP contribution in [0.1, 0.15) is 5.82 Å². The number of para-hydroxylation sites is 2. The first-order valence-corrected chi connectivity index (χ1v) is 5.91. The number of aromatic amines is 2. The molecule has 0 radical (unpaired) electrons. The van der Waals surface area contributed by atoms with Crippen molar-refractivity contribution >= 4 is 17.0 Å². The Labute approximate surface area is 108 Å². The van der Waals surface area contributed by atoms with Gasteiger partial charge in [-0.1, -0.05) is 12.1 Å². The van der Waals surface area contributed by atoms with Crippen LogP contribution in [-0.2, 0) is 6.42 Å². The van der Waals surface area contributed by atoms with Crippen LogP contribution in [0.4, 0.5) is 5.95 Å². The van der Waals surface area contributed by atoms with E-state index in [0.29, 0.717) is 18.9 Å². The van der Waals surface area contributed by atoms with Crippen molar-refractivity contribution < 1.29 is 0 Å². The molecule has 0 aliphatic carbocycles. The van der Waals surface area contributed by atoms with Crippen molar-refractivity contribution in [3.05, 3.63) is 46.6 Å². The minimum Gasteiger partial charge on any atom is -0.354 e. The molecular formula is C12H12N6O. The molecule has 0 fully saturated rings. The molecule has 0 aliphatic heterocycles. The van der Waals surface area contributed by atoms with Gasteiger partial charge in [-0.25, -0.2) is 4.98 Å². The van der Waals surface area contributed by atoms with E-state index in [2.05, 4.69) is 30.5 Å². The lowest BCUT2D eigenvalue weighted by Crippen LogP contribution is -2.15. The Kier molecular flexibility index (Phi) is 2.93. The highest BCUT2D eigenvalue weighted by atomic mass is 16.1. The molecule has 0 aliphatic rings. The van der Waals surface area contributed by atoms with Crippen molar-refractivity contribution in [3.63, 3.8) is 0 Å². The molecular weight excluding hydrogens is 244 g/mol. The van der Waals surface area contributed by atoms with Crippen molar-refractivity contribution in [1.29, 1.82) is 0 Å². The summed E-state index contributed by atoms with van der Waals surface area (Å²) in [5.74, 6) is 1.25. The number of anilines is 1. The van der Waals surface area contributed by atoms with Crippen LogP contribution in [0.5, 0.6) is 0 Å². The molecule has 19 heavy (non-hydrogen) atoms. The van der Waals surface area contributed by atoms with Crippen molar-refractivity contribution in [2.24, 2.45) is 0 Å². The largest absolute Gasteiger partial charge is 0.354 e. The second-order valence-corrected chi connectivity index (χ2v) is 4.06. The van der Waals surface area contributed by atoms with E-state index in [1.807, 2.05) is 24.3 Å². The minimum atomic E-state index is -0.277. The number of aromatic nitrogens is 5. The fraction of sp³-hybridized carbons (Fsp3) is 0.167. The maximum atomic E-state index is 11.0. The predicted octanol–water partition coefficient (Wildman–Crippen LogP) is 0.696. The van der Waals surface area contributed by atoms with E-state index < -0.39 is 0 Å². The van der Waals surface area contributed by atoms with E-state index in [9.17, 15) is 4.79 Å². The summed E-state index contributed by atoms with van der Waals surface area (Å²) in [4.78, 5) is 21.3. The van der Waals surface area contributed by atoms with E-state index in [-0.39, 0.29) is 5.56 Å². The molecule has 7 nitrogen and oxygen atoms in total. The van der Waals surface area contributed by atoms with Crippen LogP contribution in [-0.4, -0.2) is 31.7 Å². The Morgan fingerprint density at radius 3 is 2.95 bits per heavy atom. The minimum absolute atomic E-state index is 0.277. The molecule has 0 bridgehead atoms. The summed E-state index contributed by atoms with van der Waals surface area (Å²) < 4.78 is 0. The van der Waals surface area contributed by atoms with Crippen molar-refractivity contribution in [1.82, 2.24) is 25.1 Å². The number of hydrogen-bond donors (Lipinski definition) is 3. The first-order valence-electron chi connectivity index (χ1n) is 5.91. The fourth-order valence-electron chi connectivity index (χ4n) is 1.82.